The SMILES string of the molecule is CCn1ncc(-c2cc(C(=O)O)c3ccccc3n2)c1C. The third-order valence-corrected chi connectivity index (χ3v) is 3.63. The predicted octanol–water partition coefficient (Wildman–Crippen LogP) is 3.12. The Balaban J connectivity index is 2.28. The fourth-order valence-corrected chi connectivity index (χ4v) is 2.51. The minimum Gasteiger partial charge on any atom is -0.478 e. The zero-order valence-electron chi connectivity index (χ0n) is 11.9. The van der Waals surface area contributed by atoms with Gasteiger partial charge in [0.25, 0.3) is 0 Å². The number of hydrogen-bond donors (Lipinski definition) is 1. The summed E-state index contributed by atoms with van der Waals surface area (Å²) < 4.78 is 1.87. The molecule has 0 saturated heterocycles. The summed E-state index contributed by atoms with van der Waals surface area (Å²) in [4.78, 5) is 16.1. The monoisotopic (exact) mass is 281 g/mol. The summed E-state index contributed by atoms with van der Waals surface area (Å²) in [7, 11) is 0. The molecule has 0 bridgehead atoms. The first kappa shape index (κ1) is 13.3. The van der Waals surface area contributed by atoms with E-state index in [2.05, 4.69) is 10.1 Å². The molecule has 0 fully saturated rings. The minimum absolute atomic E-state index is 0.263. The maximum absolute atomic E-state index is 11.5. The van der Waals surface area contributed by atoms with E-state index in [1.807, 2.05) is 36.7 Å². The molecule has 0 radical (unpaired) electrons. The molecule has 0 atom stereocenters. The van der Waals surface area contributed by atoms with Crippen LogP contribution < -0.4 is 0 Å². The molecule has 3 aromatic rings. The standard InChI is InChI=1S/C16H15N3O2/c1-3-19-10(2)13(9-17-19)15-8-12(16(20)21)11-6-4-5-7-14(11)18-15/h4-9H,3H2,1-2H3,(H,20,21). The van der Waals surface area contributed by atoms with Crippen LogP contribution in [0.4, 0.5) is 0 Å². The van der Waals surface area contributed by atoms with Crippen LogP contribution in [-0.4, -0.2) is 25.8 Å². The van der Waals surface area contributed by atoms with E-state index < -0.39 is 5.97 Å². The quantitative estimate of drug-likeness (QED) is 0.801. The van der Waals surface area contributed by atoms with Crippen LogP contribution in [0.3, 0.4) is 0 Å². The number of carbonyl (C=O) groups is 1. The van der Waals surface area contributed by atoms with Crippen LogP contribution in [0.2, 0.25) is 0 Å². The molecule has 21 heavy (non-hydrogen) atoms. The number of para-hydroxylation sites is 1. The molecule has 0 amide bonds. The molecule has 3 rings (SSSR count). The average Bonchev–Trinajstić information content (AvgIpc) is 2.86. The van der Waals surface area contributed by atoms with Crippen LogP contribution in [-0.2, 0) is 6.54 Å². The maximum atomic E-state index is 11.5. The highest BCUT2D eigenvalue weighted by molar-refractivity contribution is 6.03. The molecule has 2 aromatic heterocycles. The molecule has 2 heterocycles. The molecule has 1 N–H and O–H groups in total. The Kier molecular flexibility index (Phi) is 3.17. The normalized spacial score (nSPS) is 11.0. The lowest BCUT2D eigenvalue weighted by Gasteiger charge is -2.07. The first-order valence-electron chi connectivity index (χ1n) is 6.77. The summed E-state index contributed by atoms with van der Waals surface area (Å²) in [5.41, 5.74) is 3.43. The second-order valence-corrected chi connectivity index (χ2v) is 4.84. The van der Waals surface area contributed by atoms with Crippen LogP contribution >= 0.6 is 0 Å². The summed E-state index contributed by atoms with van der Waals surface area (Å²) in [5.74, 6) is -0.949. The van der Waals surface area contributed by atoms with Gasteiger partial charge in [-0.25, -0.2) is 9.78 Å². The number of pyridine rings is 1. The lowest BCUT2D eigenvalue weighted by atomic mass is 10.0. The van der Waals surface area contributed by atoms with Crippen molar-refractivity contribution in [2.24, 2.45) is 0 Å². The van der Waals surface area contributed by atoms with Gasteiger partial charge in [-0.05, 0) is 26.0 Å². The summed E-state index contributed by atoms with van der Waals surface area (Å²) >= 11 is 0. The predicted molar refractivity (Wildman–Crippen MR) is 80.3 cm³/mol. The largest absolute Gasteiger partial charge is 0.478 e. The van der Waals surface area contributed by atoms with E-state index in [1.165, 1.54) is 0 Å². The van der Waals surface area contributed by atoms with E-state index in [0.29, 0.717) is 16.6 Å². The topological polar surface area (TPSA) is 68.0 Å². The Morgan fingerprint density at radius 1 is 1.33 bits per heavy atom. The molecular weight excluding hydrogens is 266 g/mol. The van der Waals surface area contributed by atoms with Crippen molar-refractivity contribution in [2.45, 2.75) is 20.4 Å². The second-order valence-electron chi connectivity index (χ2n) is 4.84. The van der Waals surface area contributed by atoms with Crippen molar-refractivity contribution in [2.75, 3.05) is 0 Å². The summed E-state index contributed by atoms with van der Waals surface area (Å²) in [6.07, 6.45) is 1.74. The number of benzene rings is 1. The van der Waals surface area contributed by atoms with Crippen LogP contribution in [0.1, 0.15) is 23.0 Å². The molecule has 0 saturated carbocycles. The molecular formula is C16H15N3O2. The summed E-state index contributed by atoms with van der Waals surface area (Å²) in [5, 5.41) is 14.4. The highest BCUT2D eigenvalue weighted by atomic mass is 16.4. The molecule has 106 valence electrons. The van der Waals surface area contributed by atoms with Gasteiger partial charge in [0.05, 0.1) is 23.0 Å². The smallest absolute Gasteiger partial charge is 0.336 e. The highest BCUT2D eigenvalue weighted by Gasteiger charge is 2.15. The minimum atomic E-state index is -0.949. The zero-order chi connectivity index (χ0) is 15.0. The number of nitrogens with zero attached hydrogens (tertiary/aromatic N) is 3. The molecule has 0 unspecified atom stereocenters. The molecule has 1 aromatic carbocycles. The van der Waals surface area contributed by atoms with Crippen LogP contribution in [0, 0.1) is 6.92 Å². The van der Waals surface area contributed by atoms with Crippen molar-refractivity contribution >= 4 is 16.9 Å². The van der Waals surface area contributed by atoms with Gasteiger partial charge in [0.15, 0.2) is 0 Å². The average molecular weight is 281 g/mol. The Bertz CT molecular complexity index is 837. The van der Waals surface area contributed by atoms with Crippen molar-refractivity contribution < 1.29 is 9.90 Å². The van der Waals surface area contributed by atoms with E-state index in [4.69, 9.17) is 0 Å². The Morgan fingerprint density at radius 2 is 2.10 bits per heavy atom. The second kappa shape index (κ2) is 5.01. The van der Waals surface area contributed by atoms with Gasteiger partial charge in [0.1, 0.15) is 0 Å². The van der Waals surface area contributed by atoms with Crippen LogP contribution in [0.15, 0.2) is 36.5 Å². The molecule has 5 nitrogen and oxygen atoms in total. The van der Waals surface area contributed by atoms with E-state index in [-0.39, 0.29) is 5.56 Å². The van der Waals surface area contributed by atoms with Gasteiger partial charge in [-0.2, -0.15) is 5.10 Å². The van der Waals surface area contributed by atoms with E-state index in [0.717, 1.165) is 17.8 Å². The number of aromatic carboxylic acids is 1. The Labute approximate surface area is 121 Å². The third-order valence-electron chi connectivity index (χ3n) is 3.63. The van der Waals surface area contributed by atoms with E-state index in [1.54, 1.807) is 18.3 Å². The van der Waals surface area contributed by atoms with Crippen molar-refractivity contribution in [3.63, 3.8) is 0 Å². The van der Waals surface area contributed by atoms with Gasteiger partial charge in [-0.1, -0.05) is 18.2 Å². The van der Waals surface area contributed by atoms with Crippen molar-refractivity contribution in [3.8, 4) is 11.3 Å². The van der Waals surface area contributed by atoms with Gasteiger partial charge in [0.2, 0.25) is 0 Å². The number of hydrogen-bond acceptors (Lipinski definition) is 3. The first-order valence-corrected chi connectivity index (χ1v) is 6.77. The van der Waals surface area contributed by atoms with Crippen LogP contribution in [0.5, 0.6) is 0 Å². The molecule has 0 aliphatic rings. The summed E-state index contributed by atoms with van der Waals surface area (Å²) in [6.45, 7) is 4.74. The van der Waals surface area contributed by atoms with Gasteiger partial charge in [0, 0.05) is 23.2 Å². The van der Waals surface area contributed by atoms with Gasteiger partial charge in [-0.15, -0.1) is 0 Å². The highest BCUT2D eigenvalue weighted by Crippen LogP contribution is 2.26. The van der Waals surface area contributed by atoms with Crippen molar-refractivity contribution in [1.82, 2.24) is 14.8 Å². The zero-order valence-corrected chi connectivity index (χ0v) is 11.9. The number of rotatable bonds is 3. The maximum Gasteiger partial charge on any atom is 0.336 e. The van der Waals surface area contributed by atoms with Crippen LogP contribution in [0.25, 0.3) is 22.2 Å². The number of fused-ring (bicyclic) bond motifs is 1. The first-order chi connectivity index (χ1) is 10.1. The Morgan fingerprint density at radius 3 is 2.76 bits per heavy atom. The van der Waals surface area contributed by atoms with E-state index in [9.17, 15) is 9.90 Å². The fourth-order valence-electron chi connectivity index (χ4n) is 2.51. The van der Waals surface area contributed by atoms with Gasteiger partial charge < -0.3 is 5.11 Å². The summed E-state index contributed by atoms with van der Waals surface area (Å²) in [6, 6.07) is 8.89. The van der Waals surface area contributed by atoms with Crippen molar-refractivity contribution in [3.05, 3.63) is 47.8 Å². The molecule has 0 aliphatic carbocycles. The third kappa shape index (κ3) is 2.16. The van der Waals surface area contributed by atoms with Crippen molar-refractivity contribution in [1.29, 1.82) is 0 Å². The van der Waals surface area contributed by atoms with Gasteiger partial charge in [-0.3, -0.25) is 4.68 Å². The van der Waals surface area contributed by atoms with E-state index >= 15 is 0 Å². The lowest BCUT2D eigenvalue weighted by Crippen LogP contribution is -2.01. The number of aromatic nitrogens is 3. The number of carboxylic acid groups (broad SMARTS) is 1. The molecule has 0 spiro atoms. The molecule has 5 heteroatoms. The van der Waals surface area contributed by atoms with Gasteiger partial charge >= 0.3 is 5.97 Å². The Hall–Kier alpha value is -2.69. The molecule has 0 aliphatic heterocycles. The number of carboxylic acids is 1. The number of aryl methyl sites for hydroxylation is 1. The fraction of sp³-hybridized carbons (Fsp3) is 0.188. The lowest BCUT2D eigenvalue weighted by molar-refractivity contribution is 0.0699.